The summed E-state index contributed by atoms with van der Waals surface area (Å²) in [5, 5.41) is 7.79. The summed E-state index contributed by atoms with van der Waals surface area (Å²) in [6.07, 6.45) is 0.568. The van der Waals surface area contributed by atoms with Crippen molar-refractivity contribution in [1.82, 2.24) is 20.4 Å². The monoisotopic (exact) mass is 350 g/mol. The van der Waals surface area contributed by atoms with Crippen LogP contribution in [0.25, 0.3) is 0 Å². The van der Waals surface area contributed by atoms with E-state index >= 15 is 0 Å². The smallest absolute Gasteiger partial charge is 0.139 e. The molecular formula is C12H22N4S4. The van der Waals surface area contributed by atoms with Gasteiger partial charge in [-0.25, -0.2) is 0 Å². The van der Waals surface area contributed by atoms with Crippen LogP contribution in [0.15, 0.2) is 0 Å². The molecule has 0 aliphatic carbocycles. The SMILES string of the molecule is C[C@@H]1N[C@H](C)N(CCN2C(=S)S[C@@H](C)N[C@@H]2C)C(=S)S1. The maximum Gasteiger partial charge on any atom is 0.139 e. The van der Waals surface area contributed by atoms with Crippen molar-refractivity contribution in [1.29, 1.82) is 0 Å². The first-order chi connectivity index (χ1) is 9.38. The van der Waals surface area contributed by atoms with Crippen LogP contribution in [0.3, 0.4) is 0 Å². The highest BCUT2D eigenvalue weighted by atomic mass is 32.2. The maximum absolute atomic E-state index is 5.50. The molecule has 114 valence electrons. The third-order valence-corrected chi connectivity index (χ3v) is 6.39. The molecule has 0 spiro atoms. The fraction of sp³-hybridized carbons (Fsp3) is 0.833. The number of nitrogens with one attached hydrogen (secondary N) is 2. The van der Waals surface area contributed by atoms with Crippen molar-refractivity contribution in [2.45, 2.75) is 50.8 Å². The molecule has 4 atom stereocenters. The summed E-state index contributed by atoms with van der Waals surface area (Å²) in [5.41, 5.74) is 0. The fourth-order valence-electron chi connectivity index (χ4n) is 2.47. The van der Waals surface area contributed by atoms with Gasteiger partial charge in [0.1, 0.15) is 8.64 Å². The van der Waals surface area contributed by atoms with Gasteiger partial charge in [0.25, 0.3) is 0 Å². The van der Waals surface area contributed by atoms with Crippen LogP contribution in [-0.2, 0) is 0 Å². The van der Waals surface area contributed by atoms with Gasteiger partial charge in [0.05, 0.1) is 23.1 Å². The van der Waals surface area contributed by atoms with Crippen molar-refractivity contribution < 1.29 is 0 Å². The molecule has 0 aromatic rings. The zero-order chi connectivity index (χ0) is 14.9. The van der Waals surface area contributed by atoms with Crippen molar-refractivity contribution in [3.05, 3.63) is 0 Å². The zero-order valence-corrected chi connectivity index (χ0v) is 15.5. The van der Waals surface area contributed by atoms with Crippen LogP contribution in [0.1, 0.15) is 27.7 Å². The Morgan fingerprint density at radius 3 is 1.50 bits per heavy atom. The van der Waals surface area contributed by atoms with E-state index in [4.69, 9.17) is 24.4 Å². The molecule has 0 amide bonds. The Morgan fingerprint density at radius 2 is 1.20 bits per heavy atom. The summed E-state index contributed by atoms with van der Waals surface area (Å²) in [5.74, 6) is 0. The van der Waals surface area contributed by atoms with E-state index in [9.17, 15) is 0 Å². The molecule has 2 N–H and O–H groups in total. The van der Waals surface area contributed by atoms with E-state index in [1.807, 2.05) is 0 Å². The molecule has 2 fully saturated rings. The fourth-order valence-corrected chi connectivity index (χ4v) is 5.74. The molecule has 4 nitrogen and oxygen atoms in total. The normalized spacial score (nSPS) is 35.6. The summed E-state index contributed by atoms with van der Waals surface area (Å²) in [7, 11) is 0. The van der Waals surface area contributed by atoms with Crippen LogP contribution in [0.5, 0.6) is 0 Å². The summed E-state index contributed by atoms with van der Waals surface area (Å²) < 4.78 is 1.96. The summed E-state index contributed by atoms with van der Waals surface area (Å²) in [6, 6.07) is 0. The highest BCUT2D eigenvalue weighted by molar-refractivity contribution is 8.23. The maximum atomic E-state index is 5.50. The second-order valence-corrected chi connectivity index (χ2v) is 9.07. The zero-order valence-electron chi connectivity index (χ0n) is 12.3. The van der Waals surface area contributed by atoms with E-state index in [1.54, 1.807) is 23.5 Å². The van der Waals surface area contributed by atoms with Crippen LogP contribution in [0, 0.1) is 0 Å². The van der Waals surface area contributed by atoms with Crippen molar-refractivity contribution in [3.8, 4) is 0 Å². The molecule has 0 aromatic heterocycles. The lowest BCUT2D eigenvalue weighted by atomic mass is 10.4. The Morgan fingerprint density at radius 1 is 0.850 bits per heavy atom. The molecule has 0 bridgehead atoms. The third kappa shape index (κ3) is 3.98. The van der Waals surface area contributed by atoms with Gasteiger partial charge < -0.3 is 9.80 Å². The van der Waals surface area contributed by atoms with Gasteiger partial charge in [-0.3, -0.25) is 10.6 Å². The topological polar surface area (TPSA) is 30.5 Å². The van der Waals surface area contributed by atoms with Gasteiger partial charge in [-0.2, -0.15) is 0 Å². The molecule has 0 aromatic carbocycles. The first-order valence-electron chi connectivity index (χ1n) is 6.85. The number of hydrogen-bond donors (Lipinski definition) is 2. The standard InChI is InChI=1S/C12H22N4S4/c1-7-13-9(3)19-11(17)15(7)5-6-16-8(2)14-10(4)20-12(16)18/h7-10,13-14H,5-6H2,1-4H3/t7-,8-,9-,10+/m0/s1. The summed E-state index contributed by atoms with van der Waals surface area (Å²) in [6.45, 7) is 10.4. The second kappa shape index (κ2) is 7.11. The summed E-state index contributed by atoms with van der Waals surface area (Å²) in [4.78, 5) is 4.50. The second-order valence-electron chi connectivity index (χ2n) is 5.12. The number of thiocarbonyl (C=S) groups is 2. The molecule has 2 heterocycles. The Hall–Kier alpha value is 0.400. The van der Waals surface area contributed by atoms with Gasteiger partial charge in [-0.15, -0.1) is 0 Å². The van der Waals surface area contributed by atoms with Crippen molar-refractivity contribution in [2.75, 3.05) is 13.1 Å². The molecule has 2 aliphatic rings. The molecule has 20 heavy (non-hydrogen) atoms. The number of thioether (sulfide) groups is 2. The molecule has 0 saturated carbocycles. The molecule has 0 radical (unpaired) electrons. The lowest BCUT2D eigenvalue weighted by Gasteiger charge is -2.43. The van der Waals surface area contributed by atoms with Gasteiger partial charge in [-0.1, -0.05) is 48.0 Å². The molecule has 0 unspecified atom stereocenters. The third-order valence-electron chi connectivity index (χ3n) is 3.49. The highest BCUT2D eigenvalue weighted by Gasteiger charge is 2.29. The lowest BCUT2D eigenvalue weighted by Crippen LogP contribution is -2.58. The minimum atomic E-state index is 0.284. The molecule has 8 heteroatoms. The van der Waals surface area contributed by atoms with Gasteiger partial charge in [0.15, 0.2) is 0 Å². The molecule has 2 aliphatic heterocycles. The number of rotatable bonds is 3. The van der Waals surface area contributed by atoms with Crippen molar-refractivity contribution in [2.24, 2.45) is 0 Å². The summed E-state index contributed by atoms with van der Waals surface area (Å²) >= 11 is 14.4. The van der Waals surface area contributed by atoms with Gasteiger partial charge in [-0.05, 0) is 27.7 Å². The van der Waals surface area contributed by atoms with Crippen molar-refractivity contribution >= 4 is 56.6 Å². The first-order valence-corrected chi connectivity index (χ1v) is 9.42. The van der Waals surface area contributed by atoms with Gasteiger partial charge in [0, 0.05) is 13.1 Å². The van der Waals surface area contributed by atoms with Gasteiger partial charge >= 0.3 is 0 Å². The van der Waals surface area contributed by atoms with Crippen LogP contribution in [0.4, 0.5) is 0 Å². The molecular weight excluding hydrogens is 328 g/mol. The average Bonchev–Trinajstić information content (AvgIpc) is 2.30. The quantitative estimate of drug-likeness (QED) is 0.749. The van der Waals surface area contributed by atoms with E-state index in [0.29, 0.717) is 10.7 Å². The van der Waals surface area contributed by atoms with E-state index in [-0.39, 0.29) is 12.3 Å². The Labute approximate surface area is 140 Å². The van der Waals surface area contributed by atoms with Crippen molar-refractivity contribution in [3.63, 3.8) is 0 Å². The Balaban J connectivity index is 1.91. The van der Waals surface area contributed by atoms with Crippen LogP contribution in [0.2, 0.25) is 0 Å². The minimum absolute atomic E-state index is 0.284. The average molecular weight is 351 g/mol. The van der Waals surface area contributed by atoms with E-state index in [2.05, 4.69) is 48.1 Å². The molecule has 2 rings (SSSR count). The predicted octanol–water partition coefficient (Wildman–Crippen LogP) is 2.22. The lowest BCUT2D eigenvalue weighted by molar-refractivity contribution is 0.223. The highest BCUT2D eigenvalue weighted by Crippen LogP contribution is 2.24. The largest absolute Gasteiger partial charge is 0.340 e. The van der Waals surface area contributed by atoms with E-state index < -0.39 is 0 Å². The predicted molar refractivity (Wildman–Crippen MR) is 97.9 cm³/mol. The Kier molecular flexibility index (Phi) is 5.96. The number of hydrogen-bond acceptors (Lipinski definition) is 6. The molecule has 2 saturated heterocycles. The minimum Gasteiger partial charge on any atom is -0.340 e. The first kappa shape index (κ1) is 16.8. The van der Waals surface area contributed by atoms with Crippen LogP contribution in [-0.4, -0.2) is 54.6 Å². The Bertz CT molecular complexity index is 356. The van der Waals surface area contributed by atoms with Crippen LogP contribution >= 0.6 is 48.0 Å². The van der Waals surface area contributed by atoms with Gasteiger partial charge in [0.2, 0.25) is 0 Å². The van der Waals surface area contributed by atoms with Crippen LogP contribution < -0.4 is 10.6 Å². The number of nitrogens with zero attached hydrogens (tertiary/aromatic N) is 2. The van der Waals surface area contributed by atoms with E-state index in [0.717, 1.165) is 21.7 Å². The van der Waals surface area contributed by atoms with E-state index in [1.165, 1.54) is 0 Å².